The van der Waals surface area contributed by atoms with Gasteiger partial charge in [0.05, 0.1) is 6.04 Å². The van der Waals surface area contributed by atoms with Crippen molar-refractivity contribution in [3.63, 3.8) is 0 Å². The van der Waals surface area contributed by atoms with Gasteiger partial charge in [0.15, 0.2) is 0 Å². The van der Waals surface area contributed by atoms with Gasteiger partial charge in [0.1, 0.15) is 0 Å². The molecule has 0 spiro atoms. The number of hydrogen-bond acceptors (Lipinski definition) is 4. The third kappa shape index (κ3) is 5.81. The van der Waals surface area contributed by atoms with Crippen molar-refractivity contribution in [2.24, 2.45) is 17.8 Å². The molecule has 1 saturated carbocycles. The predicted octanol–water partition coefficient (Wildman–Crippen LogP) is 4.26. The highest BCUT2D eigenvalue weighted by atomic mass is 32.2. The quantitative estimate of drug-likeness (QED) is 0.636. The molecule has 1 aliphatic heterocycles. The zero-order valence-electron chi connectivity index (χ0n) is 17.1. The fourth-order valence-corrected chi connectivity index (χ4v) is 5.31. The summed E-state index contributed by atoms with van der Waals surface area (Å²) in [5.41, 5.74) is -3.43. The second kappa shape index (κ2) is 9.16. The molecule has 1 saturated heterocycles. The molecule has 4 atom stereocenters. The lowest BCUT2D eigenvalue weighted by molar-refractivity contribution is -0.123. The van der Waals surface area contributed by atoms with Crippen molar-refractivity contribution in [3.8, 4) is 0 Å². The fourth-order valence-electron chi connectivity index (χ4n) is 4.72. The number of alkyl halides is 3. The van der Waals surface area contributed by atoms with Crippen LogP contribution in [-0.2, 0) is 4.79 Å². The molecule has 0 aromatic heterocycles. The average Bonchev–Trinajstić information content (AvgIpc) is 3.20. The summed E-state index contributed by atoms with van der Waals surface area (Å²) in [5.74, 6) is 1.36. The first-order valence-electron chi connectivity index (χ1n) is 10.2. The van der Waals surface area contributed by atoms with Gasteiger partial charge in [-0.25, -0.2) is 0 Å². The molecule has 1 amide bonds. The molecular formula is C21H30F3N3OS. The number of thioether (sulfide) groups is 1. The molecule has 3 rings (SSSR count). The van der Waals surface area contributed by atoms with E-state index in [1.165, 1.54) is 6.07 Å². The van der Waals surface area contributed by atoms with E-state index < -0.39 is 5.51 Å². The van der Waals surface area contributed by atoms with Crippen LogP contribution in [0, 0.1) is 17.8 Å². The Labute approximate surface area is 175 Å². The van der Waals surface area contributed by atoms with Crippen molar-refractivity contribution in [2.45, 2.75) is 55.6 Å². The molecule has 0 unspecified atom stereocenters. The summed E-state index contributed by atoms with van der Waals surface area (Å²) in [5, 5.41) is 6.35. The number of rotatable bonds is 7. The van der Waals surface area contributed by atoms with Crippen molar-refractivity contribution in [1.82, 2.24) is 10.6 Å². The molecule has 2 fully saturated rings. The zero-order chi connectivity index (χ0) is 21.2. The minimum absolute atomic E-state index is 0.0221. The Bertz CT molecular complexity index is 713. The normalized spacial score (nSPS) is 25.3. The number of amides is 1. The molecule has 1 aromatic carbocycles. The molecule has 1 heterocycles. The maximum Gasteiger partial charge on any atom is 0.446 e. The summed E-state index contributed by atoms with van der Waals surface area (Å²) in [6.07, 6.45) is 2.91. The molecule has 4 nitrogen and oxygen atoms in total. The number of nitrogens with one attached hydrogen (secondary N) is 2. The minimum Gasteiger partial charge on any atom is -0.371 e. The molecule has 0 bridgehead atoms. The average molecular weight is 430 g/mol. The van der Waals surface area contributed by atoms with Gasteiger partial charge in [0, 0.05) is 36.8 Å². The number of nitrogens with zero attached hydrogens (tertiary/aromatic N) is 1. The molecule has 8 heteroatoms. The Morgan fingerprint density at radius 1 is 1.28 bits per heavy atom. The van der Waals surface area contributed by atoms with Crippen LogP contribution in [0.25, 0.3) is 0 Å². The van der Waals surface area contributed by atoms with Gasteiger partial charge in [-0.1, -0.05) is 19.9 Å². The Hall–Kier alpha value is -1.41. The SMILES string of the molecule is CNC(=O)[C@H](CC(C)C)N[C@H]1CC[C@@H]2CN(c3cccc(SC(F)(F)F)c3)C[C@@H]21. The predicted molar refractivity (Wildman–Crippen MR) is 111 cm³/mol. The van der Waals surface area contributed by atoms with Gasteiger partial charge in [0.2, 0.25) is 5.91 Å². The van der Waals surface area contributed by atoms with Crippen LogP contribution in [-0.4, -0.2) is 43.6 Å². The molecule has 29 heavy (non-hydrogen) atoms. The summed E-state index contributed by atoms with van der Waals surface area (Å²) in [4.78, 5) is 14.7. The van der Waals surface area contributed by atoms with E-state index in [2.05, 4.69) is 29.4 Å². The number of anilines is 1. The van der Waals surface area contributed by atoms with E-state index in [0.29, 0.717) is 17.8 Å². The van der Waals surface area contributed by atoms with Crippen molar-refractivity contribution >= 4 is 23.4 Å². The molecule has 2 N–H and O–H groups in total. The Morgan fingerprint density at radius 3 is 2.69 bits per heavy atom. The van der Waals surface area contributed by atoms with Gasteiger partial charge in [-0.3, -0.25) is 4.79 Å². The zero-order valence-corrected chi connectivity index (χ0v) is 17.9. The number of halogens is 3. The van der Waals surface area contributed by atoms with Crippen LogP contribution >= 0.6 is 11.8 Å². The Balaban J connectivity index is 1.66. The first kappa shape index (κ1) is 22.3. The van der Waals surface area contributed by atoms with Gasteiger partial charge >= 0.3 is 5.51 Å². The van der Waals surface area contributed by atoms with Crippen LogP contribution in [0.2, 0.25) is 0 Å². The van der Waals surface area contributed by atoms with E-state index in [-0.39, 0.29) is 34.6 Å². The van der Waals surface area contributed by atoms with Gasteiger partial charge in [-0.15, -0.1) is 0 Å². The van der Waals surface area contributed by atoms with Crippen LogP contribution < -0.4 is 15.5 Å². The standard InChI is InChI=1S/C21H30F3N3OS/c1-13(2)9-19(20(28)25-3)26-18-8-7-14-11-27(12-17(14)18)15-5-4-6-16(10-15)29-21(22,23)24/h4-6,10,13-14,17-19,26H,7-9,11-12H2,1-3H3,(H,25,28)/t14-,17+,18+,19+/m1/s1. The monoisotopic (exact) mass is 429 g/mol. The number of likely N-dealkylation sites (N-methyl/N-ethyl adjacent to an activating group) is 1. The summed E-state index contributed by atoms with van der Waals surface area (Å²) < 4.78 is 38.1. The lowest BCUT2D eigenvalue weighted by Crippen LogP contribution is -2.50. The van der Waals surface area contributed by atoms with E-state index in [1.807, 2.05) is 6.07 Å². The van der Waals surface area contributed by atoms with Crippen molar-refractivity contribution in [2.75, 3.05) is 25.0 Å². The van der Waals surface area contributed by atoms with E-state index in [1.54, 1.807) is 19.2 Å². The van der Waals surface area contributed by atoms with Crippen molar-refractivity contribution < 1.29 is 18.0 Å². The van der Waals surface area contributed by atoms with Crippen molar-refractivity contribution in [1.29, 1.82) is 0 Å². The highest BCUT2D eigenvalue weighted by molar-refractivity contribution is 8.00. The van der Waals surface area contributed by atoms with Gasteiger partial charge < -0.3 is 15.5 Å². The summed E-state index contributed by atoms with van der Waals surface area (Å²) in [7, 11) is 1.66. The Kier molecular flexibility index (Phi) is 7.04. The first-order valence-corrected chi connectivity index (χ1v) is 11.1. The van der Waals surface area contributed by atoms with E-state index >= 15 is 0 Å². The number of carbonyl (C=O) groups is 1. The third-order valence-corrected chi connectivity index (χ3v) is 6.68. The number of hydrogen-bond donors (Lipinski definition) is 2. The molecule has 1 aliphatic carbocycles. The maximum atomic E-state index is 12.7. The highest BCUT2D eigenvalue weighted by Gasteiger charge is 2.43. The highest BCUT2D eigenvalue weighted by Crippen LogP contribution is 2.42. The molecule has 1 aromatic rings. The number of fused-ring (bicyclic) bond motifs is 1. The molecular weight excluding hydrogens is 399 g/mol. The van der Waals surface area contributed by atoms with Crippen molar-refractivity contribution in [3.05, 3.63) is 24.3 Å². The summed E-state index contributed by atoms with van der Waals surface area (Å²) in [6, 6.07) is 6.77. The second-order valence-electron chi connectivity index (χ2n) is 8.52. The van der Waals surface area contributed by atoms with Gasteiger partial charge in [0.25, 0.3) is 0 Å². The van der Waals surface area contributed by atoms with Crippen LogP contribution in [0.3, 0.4) is 0 Å². The molecule has 162 valence electrons. The first-order chi connectivity index (χ1) is 13.7. The number of carbonyl (C=O) groups excluding carboxylic acids is 1. The number of benzene rings is 1. The van der Waals surface area contributed by atoms with Crippen LogP contribution in [0.5, 0.6) is 0 Å². The minimum atomic E-state index is -4.28. The lowest BCUT2D eigenvalue weighted by Gasteiger charge is -2.28. The lowest BCUT2D eigenvalue weighted by atomic mass is 9.95. The van der Waals surface area contributed by atoms with Gasteiger partial charge in [-0.05, 0) is 67.0 Å². The topological polar surface area (TPSA) is 44.4 Å². The maximum absolute atomic E-state index is 12.7. The third-order valence-electron chi connectivity index (χ3n) is 5.96. The second-order valence-corrected chi connectivity index (χ2v) is 9.66. The van der Waals surface area contributed by atoms with Crippen LogP contribution in [0.15, 0.2) is 29.2 Å². The fraction of sp³-hybridized carbons (Fsp3) is 0.667. The van der Waals surface area contributed by atoms with Gasteiger partial charge in [-0.2, -0.15) is 13.2 Å². The van der Waals surface area contributed by atoms with Crippen LogP contribution in [0.4, 0.5) is 18.9 Å². The van der Waals surface area contributed by atoms with E-state index in [4.69, 9.17) is 0 Å². The van der Waals surface area contributed by atoms with E-state index in [0.717, 1.165) is 38.0 Å². The van der Waals surface area contributed by atoms with Crippen LogP contribution in [0.1, 0.15) is 33.1 Å². The largest absolute Gasteiger partial charge is 0.446 e. The van der Waals surface area contributed by atoms with E-state index in [9.17, 15) is 18.0 Å². The molecule has 2 aliphatic rings. The smallest absolute Gasteiger partial charge is 0.371 e. The molecule has 0 radical (unpaired) electrons. The Morgan fingerprint density at radius 2 is 2.03 bits per heavy atom. The summed E-state index contributed by atoms with van der Waals surface area (Å²) >= 11 is -0.0681. The summed E-state index contributed by atoms with van der Waals surface area (Å²) in [6.45, 7) is 5.89.